The van der Waals surface area contributed by atoms with Gasteiger partial charge in [0.15, 0.2) is 11.6 Å². The molecule has 2 aromatic carbocycles. The molecule has 0 atom stereocenters. The second-order valence-electron chi connectivity index (χ2n) is 6.77. The highest BCUT2D eigenvalue weighted by atomic mass is 35.5. The van der Waals surface area contributed by atoms with E-state index in [1.165, 1.54) is 0 Å². The number of anilines is 3. The number of rotatable bonds is 4. The zero-order valence-corrected chi connectivity index (χ0v) is 15.5. The Morgan fingerprint density at radius 1 is 1.04 bits per heavy atom. The van der Waals surface area contributed by atoms with Crippen molar-refractivity contribution < 1.29 is 4.39 Å². The molecule has 0 unspecified atom stereocenters. The predicted octanol–water partition coefficient (Wildman–Crippen LogP) is 4.81. The molecule has 0 bridgehead atoms. The highest BCUT2D eigenvalue weighted by Crippen LogP contribution is 2.41. The normalized spacial score (nSPS) is 13.8. The first-order chi connectivity index (χ1) is 13.6. The van der Waals surface area contributed by atoms with Gasteiger partial charge in [-0.05, 0) is 49.2 Å². The van der Waals surface area contributed by atoms with Crippen molar-refractivity contribution in [1.29, 1.82) is 0 Å². The number of nitrogens with one attached hydrogen (secondary N) is 1. The van der Waals surface area contributed by atoms with Gasteiger partial charge in [0.05, 0.1) is 11.0 Å². The molecule has 2 heterocycles. The molecule has 0 amide bonds. The van der Waals surface area contributed by atoms with E-state index in [2.05, 4.69) is 15.3 Å². The smallest absolute Gasteiger partial charge is 0.239 e. The third kappa shape index (κ3) is 2.93. The van der Waals surface area contributed by atoms with Gasteiger partial charge < -0.3 is 11.1 Å². The molecular weight excluding hydrogens is 379 g/mol. The molecule has 1 aliphatic carbocycles. The van der Waals surface area contributed by atoms with E-state index in [-0.39, 0.29) is 11.6 Å². The number of hydrogen-bond acceptors (Lipinski definition) is 5. The SMILES string of the molecule is Nc1nc(-n2c(C3CC3)nc3ccccc32)nc(Nc2ccc(Cl)cc2)c1F. The van der Waals surface area contributed by atoms with E-state index in [0.717, 1.165) is 29.7 Å². The first-order valence-electron chi connectivity index (χ1n) is 8.93. The van der Waals surface area contributed by atoms with Crippen LogP contribution in [-0.4, -0.2) is 19.5 Å². The molecule has 28 heavy (non-hydrogen) atoms. The third-order valence-corrected chi connectivity index (χ3v) is 4.95. The van der Waals surface area contributed by atoms with E-state index in [4.69, 9.17) is 22.3 Å². The number of nitrogen functional groups attached to an aromatic ring is 1. The molecule has 1 fully saturated rings. The fourth-order valence-electron chi connectivity index (χ4n) is 3.18. The third-order valence-electron chi connectivity index (χ3n) is 4.70. The van der Waals surface area contributed by atoms with Gasteiger partial charge in [-0.15, -0.1) is 0 Å². The number of hydrogen-bond donors (Lipinski definition) is 2. The van der Waals surface area contributed by atoms with Gasteiger partial charge in [0.2, 0.25) is 11.8 Å². The van der Waals surface area contributed by atoms with E-state index in [0.29, 0.717) is 22.6 Å². The molecule has 0 aliphatic heterocycles. The molecule has 0 spiro atoms. The van der Waals surface area contributed by atoms with Crippen LogP contribution >= 0.6 is 11.6 Å². The van der Waals surface area contributed by atoms with Gasteiger partial charge in [-0.3, -0.25) is 4.57 Å². The van der Waals surface area contributed by atoms with Gasteiger partial charge in [0, 0.05) is 16.6 Å². The summed E-state index contributed by atoms with van der Waals surface area (Å²) in [6, 6.07) is 14.6. The molecule has 0 saturated heterocycles. The molecule has 5 rings (SSSR count). The molecule has 2 aromatic heterocycles. The molecule has 6 nitrogen and oxygen atoms in total. The maximum absolute atomic E-state index is 14.6. The zero-order chi connectivity index (χ0) is 19.3. The van der Waals surface area contributed by atoms with Crippen molar-refractivity contribution in [2.75, 3.05) is 11.1 Å². The van der Waals surface area contributed by atoms with Crippen molar-refractivity contribution in [2.45, 2.75) is 18.8 Å². The fraction of sp³-hybridized carbons (Fsp3) is 0.150. The minimum absolute atomic E-state index is 0.00403. The number of nitrogens with zero attached hydrogens (tertiary/aromatic N) is 4. The molecule has 3 N–H and O–H groups in total. The molecule has 4 aromatic rings. The van der Waals surface area contributed by atoms with Crippen LogP contribution in [0.2, 0.25) is 5.02 Å². The van der Waals surface area contributed by atoms with Crippen molar-refractivity contribution in [2.24, 2.45) is 0 Å². The molecular formula is C20H16ClFN6. The summed E-state index contributed by atoms with van der Waals surface area (Å²) in [7, 11) is 0. The van der Waals surface area contributed by atoms with Gasteiger partial charge in [-0.2, -0.15) is 14.4 Å². The summed E-state index contributed by atoms with van der Waals surface area (Å²) in [6.45, 7) is 0. The van der Waals surface area contributed by atoms with Gasteiger partial charge in [-0.1, -0.05) is 23.7 Å². The van der Waals surface area contributed by atoms with E-state index in [9.17, 15) is 4.39 Å². The summed E-state index contributed by atoms with van der Waals surface area (Å²) in [5.41, 5.74) is 8.23. The number of aromatic nitrogens is 4. The van der Waals surface area contributed by atoms with Crippen molar-refractivity contribution in [3.8, 4) is 5.95 Å². The lowest BCUT2D eigenvalue weighted by atomic mass is 10.3. The van der Waals surface area contributed by atoms with Gasteiger partial charge in [0.1, 0.15) is 5.82 Å². The summed E-state index contributed by atoms with van der Waals surface area (Å²) in [5.74, 6) is 0.618. The molecule has 140 valence electrons. The standard InChI is InChI=1S/C20H16ClFN6/c21-12-7-9-13(10-8-12)24-18-16(22)17(23)26-20(27-18)28-15-4-2-1-3-14(15)25-19(28)11-5-6-11/h1-4,7-11H,5-6H2,(H3,23,24,26,27). The second kappa shape index (κ2) is 6.45. The van der Waals surface area contributed by atoms with Crippen LogP contribution in [0, 0.1) is 5.82 Å². The minimum Gasteiger partial charge on any atom is -0.381 e. The number of halogens is 2. The summed E-state index contributed by atoms with van der Waals surface area (Å²) in [4.78, 5) is 13.4. The van der Waals surface area contributed by atoms with Crippen LogP contribution < -0.4 is 11.1 Å². The summed E-state index contributed by atoms with van der Waals surface area (Å²) >= 11 is 5.91. The Morgan fingerprint density at radius 2 is 1.79 bits per heavy atom. The summed E-state index contributed by atoms with van der Waals surface area (Å²) in [5, 5.41) is 3.55. The van der Waals surface area contributed by atoms with Crippen LogP contribution in [-0.2, 0) is 0 Å². The number of benzene rings is 2. The summed E-state index contributed by atoms with van der Waals surface area (Å²) in [6.07, 6.45) is 2.13. The van der Waals surface area contributed by atoms with E-state index < -0.39 is 5.82 Å². The first kappa shape index (κ1) is 16.9. The number of fused-ring (bicyclic) bond motifs is 1. The minimum atomic E-state index is -0.698. The van der Waals surface area contributed by atoms with E-state index in [1.807, 2.05) is 28.8 Å². The number of imidazole rings is 1. The van der Waals surface area contributed by atoms with E-state index >= 15 is 0 Å². The first-order valence-corrected chi connectivity index (χ1v) is 9.31. The van der Waals surface area contributed by atoms with Crippen LogP contribution in [0.4, 0.5) is 21.7 Å². The van der Waals surface area contributed by atoms with Gasteiger partial charge >= 0.3 is 0 Å². The maximum atomic E-state index is 14.6. The Hall–Kier alpha value is -3.19. The molecule has 1 aliphatic rings. The van der Waals surface area contributed by atoms with Crippen LogP contribution in [0.25, 0.3) is 17.0 Å². The Kier molecular flexibility index (Phi) is 3.91. The second-order valence-corrected chi connectivity index (χ2v) is 7.21. The zero-order valence-electron chi connectivity index (χ0n) is 14.7. The number of nitrogens with two attached hydrogens (primary N) is 1. The van der Waals surface area contributed by atoms with Crippen LogP contribution in [0.1, 0.15) is 24.6 Å². The van der Waals surface area contributed by atoms with Gasteiger partial charge in [0.25, 0.3) is 0 Å². The molecule has 1 saturated carbocycles. The van der Waals surface area contributed by atoms with Crippen molar-refractivity contribution in [1.82, 2.24) is 19.5 Å². The van der Waals surface area contributed by atoms with Crippen LogP contribution in [0.15, 0.2) is 48.5 Å². The highest BCUT2D eigenvalue weighted by Gasteiger charge is 2.31. The topological polar surface area (TPSA) is 81.7 Å². The maximum Gasteiger partial charge on any atom is 0.239 e. The monoisotopic (exact) mass is 394 g/mol. The lowest BCUT2D eigenvalue weighted by Gasteiger charge is -2.12. The lowest BCUT2D eigenvalue weighted by molar-refractivity contribution is 0.622. The Labute approximate surface area is 165 Å². The van der Waals surface area contributed by atoms with Gasteiger partial charge in [-0.25, -0.2) is 4.98 Å². The van der Waals surface area contributed by atoms with Crippen LogP contribution in [0.3, 0.4) is 0 Å². The molecule has 0 radical (unpaired) electrons. The average molecular weight is 395 g/mol. The lowest BCUT2D eigenvalue weighted by Crippen LogP contribution is -2.11. The van der Waals surface area contributed by atoms with Crippen molar-refractivity contribution in [3.63, 3.8) is 0 Å². The highest BCUT2D eigenvalue weighted by molar-refractivity contribution is 6.30. The van der Waals surface area contributed by atoms with Crippen molar-refractivity contribution in [3.05, 3.63) is 65.2 Å². The quantitative estimate of drug-likeness (QED) is 0.519. The fourth-order valence-corrected chi connectivity index (χ4v) is 3.30. The Morgan fingerprint density at radius 3 is 2.54 bits per heavy atom. The van der Waals surface area contributed by atoms with Crippen LogP contribution in [0.5, 0.6) is 0 Å². The van der Waals surface area contributed by atoms with Crippen molar-refractivity contribution >= 4 is 40.0 Å². The Bertz CT molecular complexity index is 1180. The number of para-hydroxylation sites is 2. The summed E-state index contributed by atoms with van der Waals surface area (Å²) < 4.78 is 16.5. The molecule has 8 heteroatoms. The average Bonchev–Trinajstić information content (AvgIpc) is 3.47. The largest absolute Gasteiger partial charge is 0.381 e. The Balaban J connectivity index is 1.65. The predicted molar refractivity (Wildman–Crippen MR) is 108 cm³/mol. The van der Waals surface area contributed by atoms with E-state index in [1.54, 1.807) is 24.3 Å².